The summed E-state index contributed by atoms with van der Waals surface area (Å²) in [7, 11) is 0. The van der Waals surface area contributed by atoms with E-state index < -0.39 is 5.79 Å². The van der Waals surface area contributed by atoms with Gasteiger partial charge in [-0.1, -0.05) is 35.9 Å². The van der Waals surface area contributed by atoms with E-state index >= 15 is 0 Å². The molecule has 1 atom stereocenters. The van der Waals surface area contributed by atoms with Crippen molar-refractivity contribution in [1.29, 1.82) is 0 Å². The van der Waals surface area contributed by atoms with Crippen molar-refractivity contribution in [1.82, 2.24) is 0 Å². The first-order valence-electron chi connectivity index (χ1n) is 8.83. The molecule has 2 aromatic rings. The van der Waals surface area contributed by atoms with E-state index in [4.69, 9.17) is 25.8 Å². The Morgan fingerprint density at radius 1 is 1.15 bits per heavy atom. The minimum Gasteiger partial charge on any atom is -0.489 e. The van der Waals surface area contributed by atoms with E-state index in [1.807, 2.05) is 38.1 Å². The largest absolute Gasteiger partial charge is 0.489 e. The van der Waals surface area contributed by atoms with Crippen LogP contribution in [-0.2, 0) is 22.3 Å². The van der Waals surface area contributed by atoms with Gasteiger partial charge >= 0.3 is 0 Å². The minimum absolute atomic E-state index is 0.0243. The molecule has 0 N–H and O–H groups in total. The fourth-order valence-corrected chi connectivity index (χ4v) is 3.83. The number of carbonyl (C=O) groups is 1. The fourth-order valence-electron chi connectivity index (χ4n) is 3.60. The highest BCUT2D eigenvalue weighted by atomic mass is 35.5. The predicted octanol–water partition coefficient (Wildman–Crippen LogP) is 4.20. The van der Waals surface area contributed by atoms with Gasteiger partial charge in [-0.15, -0.1) is 0 Å². The molecule has 0 aromatic heterocycles. The van der Waals surface area contributed by atoms with E-state index in [2.05, 4.69) is 0 Å². The zero-order valence-electron chi connectivity index (χ0n) is 14.9. The number of rotatable bonds is 3. The minimum atomic E-state index is -0.594. The molecule has 0 saturated carbocycles. The molecule has 1 heterocycles. The van der Waals surface area contributed by atoms with Crippen LogP contribution in [0.1, 0.15) is 40.9 Å². The molecule has 1 aliphatic carbocycles. The van der Waals surface area contributed by atoms with Gasteiger partial charge in [-0.25, -0.2) is 0 Å². The maximum atomic E-state index is 13.0. The Labute approximate surface area is 158 Å². The Bertz CT molecular complexity index is 859. The molecule has 4 rings (SSSR count). The average Bonchev–Trinajstić information content (AvgIpc) is 2.90. The van der Waals surface area contributed by atoms with Gasteiger partial charge in [-0.2, -0.15) is 0 Å². The molecule has 4 nitrogen and oxygen atoms in total. The highest BCUT2D eigenvalue weighted by Crippen LogP contribution is 2.36. The summed E-state index contributed by atoms with van der Waals surface area (Å²) >= 11 is 6.41. The summed E-state index contributed by atoms with van der Waals surface area (Å²) in [6.45, 7) is 4.57. The van der Waals surface area contributed by atoms with E-state index in [-0.39, 0.29) is 11.9 Å². The normalized spacial score (nSPS) is 21.0. The number of ketones is 1. The average molecular weight is 373 g/mol. The molecule has 2 aromatic carbocycles. The van der Waals surface area contributed by atoms with E-state index in [0.29, 0.717) is 36.0 Å². The van der Waals surface area contributed by atoms with E-state index in [9.17, 15) is 4.79 Å². The molecule has 1 fully saturated rings. The van der Waals surface area contributed by atoms with Gasteiger partial charge in [-0.3, -0.25) is 4.79 Å². The molecule has 0 radical (unpaired) electrons. The maximum Gasteiger partial charge on any atom is 0.193 e. The Morgan fingerprint density at radius 2 is 1.96 bits per heavy atom. The first kappa shape index (κ1) is 17.5. The van der Waals surface area contributed by atoms with Crippen molar-refractivity contribution in [3.05, 3.63) is 63.7 Å². The second-order valence-corrected chi connectivity index (χ2v) is 7.56. The van der Waals surface area contributed by atoms with Gasteiger partial charge in [0.1, 0.15) is 18.5 Å². The second-order valence-electron chi connectivity index (χ2n) is 7.15. The van der Waals surface area contributed by atoms with Crippen LogP contribution in [-0.4, -0.2) is 30.9 Å². The lowest BCUT2D eigenvalue weighted by atomic mass is 9.98. The van der Waals surface area contributed by atoms with Crippen LogP contribution < -0.4 is 4.74 Å². The van der Waals surface area contributed by atoms with Crippen LogP contribution in [0.25, 0.3) is 0 Å². The van der Waals surface area contributed by atoms with Crippen LogP contribution in [0.3, 0.4) is 0 Å². The van der Waals surface area contributed by atoms with Crippen molar-refractivity contribution >= 4 is 17.4 Å². The third-order valence-electron chi connectivity index (χ3n) is 4.84. The zero-order chi connectivity index (χ0) is 18.3. The molecule has 26 heavy (non-hydrogen) atoms. The van der Waals surface area contributed by atoms with Crippen LogP contribution >= 0.6 is 11.6 Å². The number of ether oxygens (including phenoxy) is 3. The van der Waals surface area contributed by atoms with Crippen molar-refractivity contribution < 1.29 is 19.0 Å². The molecule has 1 saturated heterocycles. The molecule has 0 spiro atoms. The molecule has 0 bridgehead atoms. The number of aryl methyl sites for hydroxylation is 1. The molecule has 0 amide bonds. The molecular weight excluding hydrogens is 352 g/mol. The maximum absolute atomic E-state index is 13.0. The smallest absolute Gasteiger partial charge is 0.193 e. The molecule has 5 heteroatoms. The highest BCUT2D eigenvalue weighted by Gasteiger charge is 2.33. The molecule has 2 aliphatic rings. The van der Waals surface area contributed by atoms with Crippen LogP contribution in [0, 0.1) is 0 Å². The summed E-state index contributed by atoms with van der Waals surface area (Å²) in [6.07, 6.45) is 1.33. The quantitative estimate of drug-likeness (QED) is 0.810. The number of hydrogen-bond acceptors (Lipinski definition) is 4. The Balaban J connectivity index is 1.63. The lowest BCUT2D eigenvalue weighted by Crippen LogP contribution is -2.25. The van der Waals surface area contributed by atoms with Crippen molar-refractivity contribution in [2.24, 2.45) is 0 Å². The van der Waals surface area contributed by atoms with Gasteiger partial charge < -0.3 is 14.2 Å². The zero-order valence-corrected chi connectivity index (χ0v) is 15.6. The van der Waals surface area contributed by atoms with Gasteiger partial charge in [0.05, 0.1) is 11.6 Å². The summed E-state index contributed by atoms with van der Waals surface area (Å²) in [5.74, 6) is 0.0121. The van der Waals surface area contributed by atoms with E-state index in [1.165, 1.54) is 0 Å². The first-order valence-corrected chi connectivity index (χ1v) is 9.21. The van der Waals surface area contributed by atoms with Crippen LogP contribution in [0.15, 0.2) is 36.4 Å². The number of carbonyl (C=O) groups excluding carboxylic acids is 1. The molecular formula is C21H21ClO4. The SMILES string of the molecule is CC1(C)OC[C@H](COc2c(Cl)ccc3c2CCc2ccccc2C3=O)O1. The van der Waals surface area contributed by atoms with Gasteiger partial charge in [0.2, 0.25) is 0 Å². The van der Waals surface area contributed by atoms with Gasteiger partial charge in [-0.05, 0) is 44.4 Å². The van der Waals surface area contributed by atoms with Crippen LogP contribution in [0.5, 0.6) is 5.75 Å². The van der Waals surface area contributed by atoms with E-state index in [0.717, 1.165) is 23.1 Å². The lowest BCUT2D eigenvalue weighted by molar-refractivity contribution is -0.141. The number of hydrogen-bond donors (Lipinski definition) is 0. The Hall–Kier alpha value is -1.88. The molecule has 1 aliphatic heterocycles. The standard InChI is InChI=1S/C21H21ClO4/c1-21(2)25-12-14(26-21)11-24-20-17-8-7-13-5-3-4-6-15(13)19(23)16(17)9-10-18(20)22/h3-6,9-10,14H,7-8,11-12H2,1-2H3/t14-/m0/s1. The Kier molecular flexibility index (Phi) is 4.51. The predicted molar refractivity (Wildman–Crippen MR) is 99.1 cm³/mol. The van der Waals surface area contributed by atoms with Crippen molar-refractivity contribution in [3.63, 3.8) is 0 Å². The number of benzene rings is 2. The Morgan fingerprint density at radius 3 is 2.73 bits per heavy atom. The van der Waals surface area contributed by atoms with Crippen LogP contribution in [0.4, 0.5) is 0 Å². The van der Waals surface area contributed by atoms with Gasteiger partial charge in [0, 0.05) is 16.7 Å². The fraction of sp³-hybridized carbons (Fsp3) is 0.381. The first-order chi connectivity index (χ1) is 12.4. The topological polar surface area (TPSA) is 44.8 Å². The van der Waals surface area contributed by atoms with Crippen molar-refractivity contribution in [2.45, 2.75) is 38.6 Å². The lowest BCUT2D eigenvalue weighted by Gasteiger charge is -2.19. The van der Waals surface area contributed by atoms with Crippen LogP contribution in [0.2, 0.25) is 5.02 Å². The van der Waals surface area contributed by atoms with Gasteiger partial charge in [0.25, 0.3) is 0 Å². The monoisotopic (exact) mass is 372 g/mol. The molecule has 136 valence electrons. The van der Waals surface area contributed by atoms with E-state index in [1.54, 1.807) is 12.1 Å². The summed E-state index contributed by atoms with van der Waals surface area (Å²) in [4.78, 5) is 13.0. The number of fused-ring (bicyclic) bond motifs is 2. The highest BCUT2D eigenvalue weighted by molar-refractivity contribution is 6.32. The van der Waals surface area contributed by atoms with Crippen molar-refractivity contribution in [2.75, 3.05) is 13.2 Å². The third kappa shape index (κ3) is 3.25. The second kappa shape index (κ2) is 6.69. The summed E-state index contributed by atoms with van der Waals surface area (Å²) < 4.78 is 17.4. The van der Waals surface area contributed by atoms with Crippen molar-refractivity contribution in [3.8, 4) is 5.75 Å². The number of halogens is 1. The van der Waals surface area contributed by atoms with Gasteiger partial charge in [0.15, 0.2) is 11.6 Å². The summed E-state index contributed by atoms with van der Waals surface area (Å²) in [6, 6.07) is 11.3. The molecule has 0 unspecified atom stereocenters. The summed E-state index contributed by atoms with van der Waals surface area (Å²) in [5.41, 5.74) is 3.36. The summed E-state index contributed by atoms with van der Waals surface area (Å²) in [5, 5.41) is 0.515. The third-order valence-corrected chi connectivity index (χ3v) is 5.14.